The van der Waals surface area contributed by atoms with Crippen molar-refractivity contribution in [1.29, 1.82) is 0 Å². The van der Waals surface area contributed by atoms with E-state index in [0.29, 0.717) is 53.3 Å². The number of hydrogen-bond acceptors (Lipinski definition) is 6. The molecule has 0 unspecified atom stereocenters. The van der Waals surface area contributed by atoms with Crippen molar-refractivity contribution in [2.75, 3.05) is 53.1 Å². The van der Waals surface area contributed by atoms with Gasteiger partial charge >= 0.3 is 0 Å². The lowest BCUT2D eigenvalue weighted by molar-refractivity contribution is -0.111. The van der Waals surface area contributed by atoms with Crippen molar-refractivity contribution in [3.63, 3.8) is 0 Å². The molecule has 7 nitrogen and oxygen atoms in total. The molecule has 0 aliphatic carbocycles. The van der Waals surface area contributed by atoms with Crippen molar-refractivity contribution in [3.8, 4) is 11.5 Å². The Hall–Kier alpha value is -3.43. The Kier molecular flexibility index (Phi) is 14.5. The summed E-state index contributed by atoms with van der Waals surface area (Å²) in [5.41, 5.74) is 5.42. The van der Waals surface area contributed by atoms with Crippen LogP contribution in [0, 0.1) is 0 Å². The number of amides is 1. The Bertz CT molecular complexity index is 1350. The minimum Gasteiger partial charge on any atom is -0.492 e. The molecule has 3 aromatic rings. The molecular formula is C38H54N2O5Si. The van der Waals surface area contributed by atoms with Gasteiger partial charge < -0.3 is 28.9 Å². The van der Waals surface area contributed by atoms with Crippen LogP contribution in [0.15, 0.2) is 78.9 Å². The van der Waals surface area contributed by atoms with Crippen molar-refractivity contribution in [2.24, 2.45) is 0 Å². The molecule has 0 atom stereocenters. The highest BCUT2D eigenvalue weighted by atomic mass is 28.4. The van der Waals surface area contributed by atoms with Crippen LogP contribution in [0.25, 0.3) is 11.1 Å². The van der Waals surface area contributed by atoms with Gasteiger partial charge in [0, 0.05) is 25.9 Å². The van der Waals surface area contributed by atoms with Gasteiger partial charge in [0.25, 0.3) is 5.91 Å². The molecule has 0 bridgehead atoms. The molecule has 0 saturated heterocycles. The van der Waals surface area contributed by atoms with Gasteiger partial charge in [-0.25, -0.2) is 0 Å². The van der Waals surface area contributed by atoms with Crippen LogP contribution in [-0.2, 0) is 14.0 Å². The predicted molar refractivity (Wildman–Crippen MR) is 193 cm³/mol. The Balaban J connectivity index is 2.03. The standard InChI is InChI=1S/C38H54N2O5Si/c1-28(2)46(29(3)4,30(5)6)45-25-23-36(31-13-11-10-12-14-31)37(32-15-19-35(20-16-32)44-27-42-9)38(41)39-33-17-21-34(22-18-33)43-26-24-40(7)8/h10-22,28-30H,23-27H2,1-9H3,(H,39,41)/b37-36+. The van der Waals surface area contributed by atoms with E-state index < -0.39 is 8.32 Å². The molecule has 46 heavy (non-hydrogen) atoms. The van der Waals surface area contributed by atoms with Crippen LogP contribution < -0.4 is 14.8 Å². The first-order valence-corrected chi connectivity index (χ1v) is 18.5. The van der Waals surface area contributed by atoms with Crippen molar-refractivity contribution < 1.29 is 23.4 Å². The first-order valence-electron chi connectivity index (χ1n) is 16.3. The summed E-state index contributed by atoms with van der Waals surface area (Å²) in [4.78, 5) is 16.4. The number of anilines is 1. The lowest BCUT2D eigenvalue weighted by Gasteiger charge is -2.42. The van der Waals surface area contributed by atoms with Crippen molar-refractivity contribution in [3.05, 3.63) is 90.0 Å². The van der Waals surface area contributed by atoms with Crippen LogP contribution in [0.2, 0.25) is 16.6 Å². The summed E-state index contributed by atoms with van der Waals surface area (Å²) < 4.78 is 23.6. The molecule has 0 aliphatic rings. The molecule has 0 aliphatic heterocycles. The van der Waals surface area contributed by atoms with Crippen molar-refractivity contribution in [1.82, 2.24) is 4.90 Å². The molecule has 0 spiro atoms. The second kappa shape index (κ2) is 18.0. The Morgan fingerprint density at radius 3 is 1.85 bits per heavy atom. The maximum absolute atomic E-state index is 14.3. The third-order valence-electron chi connectivity index (χ3n) is 8.47. The number of likely N-dealkylation sites (N-methyl/N-ethyl adjacent to an activating group) is 1. The van der Waals surface area contributed by atoms with Gasteiger partial charge in [-0.05, 0) is 90.2 Å². The van der Waals surface area contributed by atoms with E-state index in [1.165, 1.54) is 0 Å². The van der Waals surface area contributed by atoms with Gasteiger partial charge in [-0.2, -0.15) is 0 Å². The quantitative estimate of drug-likeness (QED) is 0.0645. The van der Waals surface area contributed by atoms with Crippen LogP contribution in [0.4, 0.5) is 5.69 Å². The van der Waals surface area contributed by atoms with Crippen molar-refractivity contribution in [2.45, 2.75) is 64.6 Å². The number of carbonyl (C=O) groups excluding carboxylic acids is 1. The van der Waals surface area contributed by atoms with E-state index in [2.05, 4.69) is 63.9 Å². The number of nitrogens with one attached hydrogen (secondary N) is 1. The summed E-state index contributed by atoms with van der Waals surface area (Å²) in [5.74, 6) is 1.24. The van der Waals surface area contributed by atoms with Gasteiger partial charge in [-0.3, -0.25) is 4.79 Å². The first kappa shape index (κ1) is 37.0. The molecule has 0 fully saturated rings. The topological polar surface area (TPSA) is 69.3 Å². The summed E-state index contributed by atoms with van der Waals surface area (Å²) >= 11 is 0. The zero-order valence-electron chi connectivity index (χ0n) is 29.3. The average Bonchev–Trinajstić information content (AvgIpc) is 3.02. The van der Waals surface area contributed by atoms with Crippen LogP contribution in [-0.4, -0.2) is 66.9 Å². The number of benzene rings is 3. The van der Waals surface area contributed by atoms with E-state index in [4.69, 9.17) is 18.6 Å². The molecule has 0 saturated carbocycles. The highest BCUT2D eigenvalue weighted by Gasteiger charge is 2.45. The van der Waals surface area contributed by atoms with Gasteiger partial charge in [0.15, 0.2) is 15.1 Å². The number of methoxy groups -OCH3 is 1. The van der Waals surface area contributed by atoms with Crippen LogP contribution in [0.3, 0.4) is 0 Å². The number of ether oxygens (including phenoxy) is 3. The molecular weight excluding hydrogens is 593 g/mol. The van der Waals surface area contributed by atoms with Gasteiger partial charge in [-0.1, -0.05) is 84.0 Å². The van der Waals surface area contributed by atoms with Gasteiger partial charge in [-0.15, -0.1) is 0 Å². The fourth-order valence-electron chi connectivity index (χ4n) is 6.34. The summed E-state index contributed by atoms with van der Waals surface area (Å²) in [6, 6.07) is 25.3. The summed E-state index contributed by atoms with van der Waals surface area (Å²) in [7, 11) is 3.51. The largest absolute Gasteiger partial charge is 0.492 e. The van der Waals surface area contributed by atoms with E-state index in [9.17, 15) is 4.79 Å². The predicted octanol–water partition coefficient (Wildman–Crippen LogP) is 8.74. The van der Waals surface area contributed by atoms with Gasteiger partial charge in [0.05, 0.1) is 5.57 Å². The highest BCUT2D eigenvalue weighted by Crippen LogP contribution is 2.43. The average molecular weight is 647 g/mol. The molecule has 8 heteroatoms. The summed E-state index contributed by atoms with van der Waals surface area (Å²) in [6.45, 7) is 15.9. The van der Waals surface area contributed by atoms with Crippen LogP contribution in [0.1, 0.15) is 59.1 Å². The van der Waals surface area contributed by atoms with E-state index in [-0.39, 0.29) is 12.7 Å². The number of rotatable bonds is 18. The van der Waals surface area contributed by atoms with Crippen LogP contribution in [0.5, 0.6) is 11.5 Å². The maximum Gasteiger partial charge on any atom is 0.256 e. The lowest BCUT2D eigenvalue weighted by Crippen LogP contribution is -2.48. The fourth-order valence-corrected chi connectivity index (χ4v) is 11.8. The molecule has 0 heterocycles. The maximum atomic E-state index is 14.3. The van der Waals surface area contributed by atoms with Crippen LogP contribution >= 0.6 is 0 Å². The van der Waals surface area contributed by atoms with E-state index in [1.54, 1.807) is 7.11 Å². The second-order valence-corrected chi connectivity index (χ2v) is 18.3. The third kappa shape index (κ3) is 10.0. The SMILES string of the molecule is COCOc1ccc(/C(C(=O)Nc2ccc(OCCN(C)C)cc2)=C(/CCO[Si](C(C)C)(C(C)C)C(C)C)c2ccccc2)cc1. The highest BCUT2D eigenvalue weighted by molar-refractivity contribution is 6.77. The zero-order valence-corrected chi connectivity index (χ0v) is 30.3. The number of carbonyl (C=O) groups is 1. The molecule has 3 rings (SSSR count). The minimum absolute atomic E-state index is 0.150. The van der Waals surface area contributed by atoms with E-state index >= 15 is 0 Å². The third-order valence-corrected chi connectivity index (χ3v) is 14.6. The summed E-state index contributed by atoms with van der Waals surface area (Å²) in [5, 5.41) is 3.16. The van der Waals surface area contributed by atoms with E-state index in [1.807, 2.05) is 80.8 Å². The summed E-state index contributed by atoms with van der Waals surface area (Å²) in [6.07, 6.45) is 0.592. The lowest BCUT2D eigenvalue weighted by atomic mass is 9.92. The number of hydrogen-bond donors (Lipinski definition) is 1. The molecule has 0 aromatic heterocycles. The molecule has 0 radical (unpaired) electrons. The zero-order chi connectivity index (χ0) is 33.7. The van der Waals surface area contributed by atoms with Gasteiger partial charge in [0.1, 0.15) is 18.1 Å². The Labute approximate surface area is 278 Å². The second-order valence-electron chi connectivity index (χ2n) is 12.8. The Morgan fingerprint density at radius 1 is 0.739 bits per heavy atom. The van der Waals surface area contributed by atoms with E-state index in [0.717, 1.165) is 29.0 Å². The molecule has 3 aromatic carbocycles. The molecule has 1 N–H and O–H groups in total. The van der Waals surface area contributed by atoms with Crippen molar-refractivity contribution >= 4 is 31.1 Å². The molecule has 1 amide bonds. The van der Waals surface area contributed by atoms with Gasteiger partial charge in [0.2, 0.25) is 0 Å². The normalized spacial score (nSPS) is 12.5. The Morgan fingerprint density at radius 2 is 1.30 bits per heavy atom. The first-order chi connectivity index (χ1) is 22.0. The smallest absolute Gasteiger partial charge is 0.256 e. The fraction of sp³-hybridized carbons (Fsp3) is 0.447. The monoisotopic (exact) mass is 646 g/mol. The molecule has 250 valence electrons. The minimum atomic E-state index is -2.11. The number of nitrogens with zero attached hydrogens (tertiary/aromatic N) is 1.